The van der Waals surface area contributed by atoms with Gasteiger partial charge in [-0.1, -0.05) is 30.3 Å². The van der Waals surface area contributed by atoms with Crippen LogP contribution in [0.3, 0.4) is 0 Å². The molecule has 0 saturated heterocycles. The number of rotatable bonds is 7. The largest absolute Gasteiger partial charge is 0.355 e. The number of amides is 1. The van der Waals surface area contributed by atoms with Gasteiger partial charge < -0.3 is 10.6 Å². The van der Waals surface area contributed by atoms with Gasteiger partial charge in [0.05, 0.1) is 5.41 Å². The number of carbonyl (C=O) groups is 1. The Hall–Kier alpha value is -1.35. The van der Waals surface area contributed by atoms with Crippen LogP contribution in [0.25, 0.3) is 0 Å². The van der Waals surface area contributed by atoms with Crippen molar-refractivity contribution in [3.8, 4) is 0 Å². The zero-order chi connectivity index (χ0) is 13.1. The van der Waals surface area contributed by atoms with Crippen LogP contribution in [0, 0.1) is 0 Å². The van der Waals surface area contributed by atoms with Gasteiger partial charge in [0.25, 0.3) is 0 Å². The Bertz CT molecular complexity index is 435. The summed E-state index contributed by atoms with van der Waals surface area (Å²) in [6.07, 6.45) is 5.65. The van der Waals surface area contributed by atoms with Crippen LogP contribution in [0.15, 0.2) is 30.3 Å². The van der Waals surface area contributed by atoms with E-state index in [1.165, 1.54) is 18.4 Å². The van der Waals surface area contributed by atoms with E-state index < -0.39 is 0 Å². The molecule has 1 aromatic rings. The molecule has 2 fully saturated rings. The first-order chi connectivity index (χ1) is 9.31. The highest BCUT2D eigenvalue weighted by Gasteiger charge is 2.50. The van der Waals surface area contributed by atoms with Gasteiger partial charge in [-0.25, -0.2) is 0 Å². The second kappa shape index (κ2) is 5.33. The van der Waals surface area contributed by atoms with Crippen LogP contribution in [0.1, 0.15) is 37.7 Å². The highest BCUT2D eigenvalue weighted by molar-refractivity contribution is 5.91. The van der Waals surface area contributed by atoms with Gasteiger partial charge in [-0.15, -0.1) is 0 Å². The highest BCUT2D eigenvalue weighted by Crippen LogP contribution is 2.48. The quantitative estimate of drug-likeness (QED) is 0.734. The SMILES string of the molecule is O=C(NCCCNC1CC1)C1(c2ccccc2)CC1. The smallest absolute Gasteiger partial charge is 0.230 e. The lowest BCUT2D eigenvalue weighted by Crippen LogP contribution is -2.36. The third-order valence-corrected chi connectivity index (χ3v) is 4.16. The van der Waals surface area contributed by atoms with E-state index in [2.05, 4.69) is 22.8 Å². The van der Waals surface area contributed by atoms with Crippen LogP contribution in [0.2, 0.25) is 0 Å². The molecule has 0 aromatic heterocycles. The molecule has 0 atom stereocenters. The molecular formula is C16H22N2O. The summed E-state index contributed by atoms with van der Waals surface area (Å²) in [5.74, 6) is 0.213. The summed E-state index contributed by atoms with van der Waals surface area (Å²) in [7, 11) is 0. The Morgan fingerprint density at radius 1 is 1.16 bits per heavy atom. The number of carbonyl (C=O) groups excluding carboxylic acids is 1. The lowest BCUT2D eigenvalue weighted by Gasteiger charge is -2.15. The Labute approximate surface area is 114 Å². The van der Waals surface area contributed by atoms with Crippen molar-refractivity contribution in [2.75, 3.05) is 13.1 Å². The Balaban J connectivity index is 1.44. The van der Waals surface area contributed by atoms with Crippen molar-refractivity contribution >= 4 is 5.91 Å². The van der Waals surface area contributed by atoms with Crippen molar-refractivity contribution in [2.45, 2.75) is 43.6 Å². The predicted molar refractivity (Wildman–Crippen MR) is 76.0 cm³/mol. The molecule has 1 amide bonds. The molecule has 0 aliphatic heterocycles. The Morgan fingerprint density at radius 2 is 1.89 bits per heavy atom. The average molecular weight is 258 g/mol. The highest BCUT2D eigenvalue weighted by atomic mass is 16.2. The van der Waals surface area contributed by atoms with Gasteiger partial charge in [0.1, 0.15) is 0 Å². The number of nitrogens with one attached hydrogen (secondary N) is 2. The summed E-state index contributed by atoms with van der Waals surface area (Å²) >= 11 is 0. The van der Waals surface area contributed by atoms with Crippen LogP contribution in [-0.2, 0) is 10.2 Å². The van der Waals surface area contributed by atoms with Gasteiger partial charge in [0.2, 0.25) is 5.91 Å². The number of hydrogen-bond acceptors (Lipinski definition) is 2. The van der Waals surface area contributed by atoms with Gasteiger partial charge in [-0.05, 0) is 44.2 Å². The molecule has 102 valence electrons. The van der Waals surface area contributed by atoms with Gasteiger partial charge in [0.15, 0.2) is 0 Å². The van der Waals surface area contributed by atoms with E-state index in [1.54, 1.807) is 0 Å². The molecule has 0 bridgehead atoms. The molecule has 0 unspecified atom stereocenters. The molecule has 0 heterocycles. The van der Waals surface area contributed by atoms with Crippen LogP contribution in [0.5, 0.6) is 0 Å². The molecule has 2 saturated carbocycles. The molecule has 2 aliphatic rings. The summed E-state index contributed by atoms with van der Waals surface area (Å²) in [4.78, 5) is 12.3. The third kappa shape index (κ3) is 2.98. The van der Waals surface area contributed by atoms with Crippen molar-refractivity contribution in [1.29, 1.82) is 0 Å². The summed E-state index contributed by atoms with van der Waals surface area (Å²) < 4.78 is 0. The maximum Gasteiger partial charge on any atom is 0.230 e. The summed E-state index contributed by atoms with van der Waals surface area (Å²) in [6.45, 7) is 1.80. The topological polar surface area (TPSA) is 41.1 Å². The van der Waals surface area contributed by atoms with Crippen molar-refractivity contribution in [3.63, 3.8) is 0 Å². The molecular weight excluding hydrogens is 236 g/mol. The molecule has 1 aromatic carbocycles. The number of benzene rings is 1. The van der Waals surface area contributed by atoms with E-state index >= 15 is 0 Å². The minimum absolute atomic E-state index is 0.213. The second-order valence-corrected chi connectivity index (χ2v) is 5.79. The van der Waals surface area contributed by atoms with Gasteiger partial charge in [-0.3, -0.25) is 4.79 Å². The van der Waals surface area contributed by atoms with Gasteiger partial charge >= 0.3 is 0 Å². The third-order valence-electron chi connectivity index (χ3n) is 4.16. The Morgan fingerprint density at radius 3 is 2.53 bits per heavy atom. The van der Waals surface area contributed by atoms with Crippen molar-refractivity contribution in [1.82, 2.24) is 10.6 Å². The van der Waals surface area contributed by atoms with E-state index in [1.807, 2.05) is 18.2 Å². The maximum absolute atomic E-state index is 12.3. The molecule has 2 N–H and O–H groups in total. The first-order valence-electron chi connectivity index (χ1n) is 7.38. The first kappa shape index (κ1) is 12.7. The predicted octanol–water partition coefficient (Wildman–Crippen LogP) is 1.98. The minimum Gasteiger partial charge on any atom is -0.355 e. The monoisotopic (exact) mass is 258 g/mol. The zero-order valence-corrected chi connectivity index (χ0v) is 11.3. The minimum atomic E-state index is -0.217. The fourth-order valence-corrected chi connectivity index (χ4v) is 2.58. The Kier molecular flexibility index (Phi) is 3.56. The number of hydrogen-bond donors (Lipinski definition) is 2. The van der Waals surface area contributed by atoms with Crippen LogP contribution < -0.4 is 10.6 Å². The average Bonchev–Trinajstić information content (AvgIpc) is 3.33. The van der Waals surface area contributed by atoms with Crippen molar-refractivity contribution < 1.29 is 4.79 Å². The van der Waals surface area contributed by atoms with Crippen molar-refractivity contribution in [2.24, 2.45) is 0 Å². The standard InChI is InChI=1S/C16H22N2O/c19-15(18-12-4-11-17-14-7-8-14)16(9-10-16)13-5-2-1-3-6-13/h1-3,5-6,14,17H,4,7-12H2,(H,18,19). The molecule has 3 rings (SSSR count). The summed E-state index contributed by atoms with van der Waals surface area (Å²) in [5, 5.41) is 6.56. The van der Waals surface area contributed by atoms with Crippen molar-refractivity contribution in [3.05, 3.63) is 35.9 Å². The van der Waals surface area contributed by atoms with Gasteiger partial charge in [0, 0.05) is 12.6 Å². The molecule has 2 aliphatic carbocycles. The second-order valence-electron chi connectivity index (χ2n) is 5.79. The molecule has 19 heavy (non-hydrogen) atoms. The first-order valence-corrected chi connectivity index (χ1v) is 7.38. The fraction of sp³-hybridized carbons (Fsp3) is 0.562. The van der Waals surface area contributed by atoms with E-state index in [9.17, 15) is 4.79 Å². The molecule has 0 spiro atoms. The lowest BCUT2D eigenvalue weighted by atomic mass is 9.95. The van der Waals surface area contributed by atoms with E-state index in [0.29, 0.717) is 0 Å². The van der Waals surface area contributed by atoms with Crippen LogP contribution in [-0.4, -0.2) is 25.0 Å². The zero-order valence-electron chi connectivity index (χ0n) is 11.3. The van der Waals surface area contributed by atoms with E-state index in [0.717, 1.165) is 38.4 Å². The van der Waals surface area contributed by atoms with E-state index in [-0.39, 0.29) is 11.3 Å². The molecule has 3 nitrogen and oxygen atoms in total. The lowest BCUT2D eigenvalue weighted by molar-refractivity contribution is -0.123. The van der Waals surface area contributed by atoms with Crippen LogP contribution >= 0.6 is 0 Å². The molecule has 0 radical (unpaired) electrons. The summed E-state index contributed by atoms with van der Waals surface area (Å²) in [6, 6.07) is 10.9. The fourth-order valence-electron chi connectivity index (χ4n) is 2.58. The van der Waals surface area contributed by atoms with E-state index in [4.69, 9.17) is 0 Å². The normalized spacial score (nSPS) is 20.0. The van der Waals surface area contributed by atoms with Gasteiger partial charge in [-0.2, -0.15) is 0 Å². The molecule has 3 heteroatoms. The van der Waals surface area contributed by atoms with Crippen LogP contribution in [0.4, 0.5) is 0 Å². The summed E-state index contributed by atoms with van der Waals surface area (Å²) in [5.41, 5.74) is 0.953. The maximum atomic E-state index is 12.3.